The Hall–Kier alpha value is -1.27. The van der Waals surface area contributed by atoms with E-state index in [1.165, 1.54) is 6.42 Å². The summed E-state index contributed by atoms with van der Waals surface area (Å²) in [4.78, 5) is 6.16. The first-order chi connectivity index (χ1) is 13.4. The fourth-order valence-electron chi connectivity index (χ4n) is 3.01. The molecule has 1 aromatic carbocycles. The highest BCUT2D eigenvalue weighted by Gasteiger charge is 2.20. The number of rotatable bonds is 10. The topological polar surface area (TPSA) is 92.3 Å². The molecular weight excluding hydrogens is 507 g/mol. The third-order valence-corrected chi connectivity index (χ3v) is 6.29. The summed E-state index contributed by atoms with van der Waals surface area (Å²) in [6.45, 7) is 1.39. The van der Waals surface area contributed by atoms with Crippen molar-refractivity contribution < 1.29 is 17.9 Å². The Morgan fingerprint density at radius 3 is 2.55 bits per heavy atom. The monoisotopic (exact) mass is 540 g/mol. The summed E-state index contributed by atoms with van der Waals surface area (Å²) < 4.78 is 37.6. The van der Waals surface area contributed by atoms with Crippen LogP contribution in [0.4, 0.5) is 0 Å². The van der Waals surface area contributed by atoms with Gasteiger partial charge >= 0.3 is 0 Å². The number of hydrogen-bond acceptors (Lipinski definition) is 5. The number of sulfonamides is 1. The van der Waals surface area contributed by atoms with Crippen LogP contribution in [0.1, 0.15) is 24.8 Å². The van der Waals surface area contributed by atoms with Crippen LogP contribution in [0.5, 0.6) is 11.5 Å². The first kappa shape index (κ1) is 25.8. The molecule has 1 aliphatic carbocycles. The van der Waals surface area contributed by atoms with Gasteiger partial charge in [0.05, 0.1) is 20.0 Å². The van der Waals surface area contributed by atoms with Gasteiger partial charge in [0.2, 0.25) is 10.0 Å². The van der Waals surface area contributed by atoms with Crippen LogP contribution in [0.25, 0.3) is 0 Å². The van der Waals surface area contributed by atoms with Crippen molar-refractivity contribution in [1.82, 2.24) is 14.9 Å². The summed E-state index contributed by atoms with van der Waals surface area (Å²) >= 11 is 0. The highest BCUT2D eigenvalue weighted by atomic mass is 127. The predicted octanol–water partition coefficient (Wildman–Crippen LogP) is 2.05. The van der Waals surface area contributed by atoms with E-state index in [4.69, 9.17) is 9.47 Å². The van der Waals surface area contributed by atoms with Crippen molar-refractivity contribution in [3.63, 3.8) is 0 Å². The second kappa shape index (κ2) is 12.4. The number of hydrogen-bond donors (Lipinski definition) is 2. The molecule has 0 aliphatic heterocycles. The van der Waals surface area contributed by atoms with Crippen molar-refractivity contribution in [2.75, 3.05) is 47.2 Å². The van der Waals surface area contributed by atoms with Gasteiger partial charge in [-0.1, -0.05) is 6.42 Å². The normalized spacial score (nSPS) is 14.6. The van der Waals surface area contributed by atoms with Crippen LogP contribution in [0.3, 0.4) is 0 Å². The van der Waals surface area contributed by atoms with Crippen molar-refractivity contribution in [3.05, 3.63) is 23.8 Å². The molecule has 1 aliphatic rings. The fraction of sp³-hybridized carbons (Fsp3) is 0.632. The highest BCUT2D eigenvalue weighted by molar-refractivity contribution is 14.0. The zero-order valence-corrected chi connectivity index (χ0v) is 20.7. The molecule has 8 nitrogen and oxygen atoms in total. The van der Waals surface area contributed by atoms with E-state index in [2.05, 4.69) is 15.0 Å². The average molecular weight is 540 g/mol. The first-order valence-electron chi connectivity index (χ1n) is 9.48. The lowest BCUT2D eigenvalue weighted by Crippen LogP contribution is -2.42. The number of aliphatic imine (C=N–C) groups is 1. The Bertz CT molecular complexity index is 769. The van der Waals surface area contributed by atoms with Crippen LogP contribution in [-0.4, -0.2) is 66.4 Å². The summed E-state index contributed by atoms with van der Waals surface area (Å²) in [5, 5.41) is 3.11. The van der Waals surface area contributed by atoms with E-state index >= 15 is 0 Å². The van der Waals surface area contributed by atoms with Crippen LogP contribution in [-0.2, 0) is 16.6 Å². The number of guanidine groups is 1. The highest BCUT2D eigenvalue weighted by Crippen LogP contribution is 2.26. The maximum Gasteiger partial charge on any atom is 0.213 e. The third kappa shape index (κ3) is 8.17. The lowest BCUT2D eigenvalue weighted by molar-refractivity contribution is 0.316. The fourth-order valence-corrected chi connectivity index (χ4v) is 4.01. The minimum absolute atomic E-state index is 0. The lowest BCUT2D eigenvalue weighted by atomic mass is 9.86. The molecule has 1 fully saturated rings. The predicted molar refractivity (Wildman–Crippen MR) is 127 cm³/mol. The Labute approximate surface area is 191 Å². The smallest absolute Gasteiger partial charge is 0.213 e. The van der Waals surface area contributed by atoms with E-state index in [-0.39, 0.29) is 36.3 Å². The number of benzene rings is 1. The van der Waals surface area contributed by atoms with Gasteiger partial charge in [-0.3, -0.25) is 4.99 Å². The molecule has 0 amide bonds. The number of nitrogens with one attached hydrogen (secondary N) is 2. The molecule has 1 saturated carbocycles. The molecule has 0 radical (unpaired) electrons. The third-order valence-electron chi connectivity index (χ3n) is 4.95. The molecule has 1 aromatic rings. The molecule has 0 saturated heterocycles. The van der Waals surface area contributed by atoms with Crippen LogP contribution in [0.15, 0.2) is 23.2 Å². The van der Waals surface area contributed by atoms with Gasteiger partial charge in [0.25, 0.3) is 0 Å². The maximum atomic E-state index is 12.1. The van der Waals surface area contributed by atoms with Gasteiger partial charge in [0.1, 0.15) is 11.5 Å². The second-order valence-corrected chi connectivity index (χ2v) is 8.90. The standard InChI is InChI=1S/C19H32N4O4S.HI/c1-20-19(21-10-11-28(24,25)22-13-15-6-5-7-15)23(2)14-16-8-9-17(26-3)12-18(16)27-4;/h8-9,12,15,22H,5-7,10-11,13-14H2,1-4H3,(H,20,21);1H. The molecular formula is C19H33IN4O4S. The second-order valence-electron chi connectivity index (χ2n) is 6.97. The summed E-state index contributed by atoms with van der Waals surface area (Å²) in [5.41, 5.74) is 0.975. The van der Waals surface area contributed by atoms with Crippen molar-refractivity contribution in [2.45, 2.75) is 25.8 Å². The van der Waals surface area contributed by atoms with E-state index < -0.39 is 10.0 Å². The van der Waals surface area contributed by atoms with Crippen LogP contribution in [0, 0.1) is 5.92 Å². The van der Waals surface area contributed by atoms with Gasteiger partial charge in [-0.15, -0.1) is 24.0 Å². The van der Waals surface area contributed by atoms with E-state index in [0.717, 1.165) is 29.9 Å². The molecule has 2 rings (SSSR count). The Morgan fingerprint density at radius 1 is 1.28 bits per heavy atom. The number of methoxy groups -OCH3 is 2. The number of ether oxygens (including phenoxy) is 2. The lowest BCUT2D eigenvalue weighted by Gasteiger charge is -2.25. The molecule has 2 N–H and O–H groups in total. The minimum Gasteiger partial charge on any atom is -0.497 e. The molecule has 0 atom stereocenters. The van der Waals surface area contributed by atoms with Crippen molar-refractivity contribution in [1.29, 1.82) is 0 Å². The van der Waals surface area contributed by atoms with Crippen molar-refractivity contribution >= 4 is 40.0 Å². The van der Waals surface area contributed by atoms with Gasteiger partial charge in [-0.2, -0.15) is 0 Å². The van der Waals surface area contributed by atoms with E-state index in [1.54, 1.807) is 21.3 Å². The van der Waals surface area contributed by atoms with Gasteiger partial charge in [0.15, 0.2) is 5.96 Å². The molecule has 166 valence electrons. The largest absolute Gasteiger partial charge is 0.497 e. The van der Waals surface area contributed by atoms with E-state index in [0.29, 0.717) is 25.0 Å². The Kier molecular flexibility index (Phi) is 11.0. The van der Waals surface area contributed by atoms with Gasteiger partial charge < -0.3 is 19.7 Å². The average Bonchev–Trinajstić information content (AvgIpc) is 2.64. The Balaban J connectivity index is 0.00000420. The van der Waals surface area contributed by atoms with Crippen molar-refractivity contribution in [3.8, 4) is 11.5 Å². The minimum atomic E-state index is -3.28. The quantitative estimate of drug-likeness (QED) is 0.268. The molecule has 0 unspecified atom stereocenters. The van der Waals surface area contributed by atoms with Crippen LogP contribution >= 0.6 is 24.0 Å². The zero-order chi connectivity index (χ0) is 20.6. The number of nitrogens with zero attached hydrogens (tertiary/aromatic N) is 2. The van der Waals surface area contributed by atoms with Gasteiger partial charge in [-0.05, 0) is 30.9 Å². The molecule has 29 heavy (non-hydrogen) atoms. The zero-order valence-electron chi connectivity index (χ0n) is 17.6. The summed E-state index contributed by atoms with van der Waals surface area (Å²) in [6.07, 6.45) is 3.44. The molecule has 0 spiro atoms. The molecule has 0 bridgehead atoms. The van der Waals surface area contributed by atoms with E-state index in [9.17, 15) is 8.42 Å². The maximum absolute atomic E-state index is 12.1. The molecule has 0 aromatic heterocycles. The SMILES string of the molecule is CN=C(NCCS(=O)(=O)NCC1CCC1)N(C)Cc1ccc(OC)cc1OC.I. The molecule has 0 heterocycles. The summed E-state index contributed by atoms with van der Waals surface area (Å²) in [7, 11) is 3.52. The van der Waals surface area contributed by atoms with Crippen LogP contribution in [0.2, 0.25) is 0 Å². The molecule has 10 heteroatoms. The van der Waals surface area contributed by atoms with Crippen LogP contribution < -0.4 is 19.5 Å². The van der Waals surface area contributed by atoms with Gasteiger partial charge in [-0.25, -0.2) is 13.1 Å². The van der Waals surface area contributed by atoms with Crippen molar-refractivity contribution in [2.24, 2.45) is 10.9 Å². The van der Waals surface area contributed by atoms with E-state index in [1.807, 2.05) is 30.1 Å². The Morgan fingerprint density at radius 2 is 2.00 bits per heavy atom. The summed E-state index contributed by atoms with van der Waals surface area (Å²) in [5.74, 6) is 2.58. The summed E-state index contributed by atoms with van der Waals surface area (Å²) in [6, 6.07) is 5.65. The number of halogens is 1. The first-order valence-corrected chi connectivity index (χ1v) is 11.1. The van der Waals surface area contributed by atoms with Gasteiger partial charge in [0, 0.05) is 45.4 Å².